The first-order valence-electron chi connectivity index (χ1n) is 5.92. The molecule has 94 valence electrons. The lowest BCUT2D eigenvalue weighted by molar-refractivity contribution is -0.136. The molecule has 2 aromatic rings. The number of nitrogens with zero attached hydrogens (tertiary/aromatic N) is 5. The number of carboxylic acid groups (broad SMARTS) is 1. The predicted octanol–water partition coefficient (Wildman–Crippen LogP) is 0.352. The van der Waals surface area contributed by atoms with Crippen molar-refractivity contribution in [2.24, 2.45) is 0 Å². The molecule has 1 aliphatic heterocycles. The Morgan fingerprint density at radius 2 is 2.06 bits per heavy atom. The highest BCUT2D eigenvalue weighted by atomic mass is 16.4. The third-order valence-corrected chi connectivity index (χ3v) is 3.05. The molecule has 2 aromatic heterocycles. The summed E-state index contributed by atoms with van der Waals surface area (Å²) in [5.74, 6) is 0.280. The van der Waals surface area contributed by atoms with Gasteiger partial charge in [0.05, 0.1) is 0 Å². The number of fused-ring (bicyclic) bond motifs is 1. The van der Waals surface area contributed by atoms with Crippen LogP contribution < -0.4 is 4.90 Å². The second-order valence-corrected chi connectivity index (χ2v) is 4.34. The summed E-state index contributed by atoms with van der Waals surface area (Å²) < 4.78 is 1.52. The smallest absolute Gasteiger partial charge is 0.311 e. The summed E-state index contributed by atoms with van der Waals surface area (Å²) in [6.07, 6.45) is 2.17. The topological polar surface area (TPSA) is 83.6 Å². The van der Waals surface area contributed by atoms with Crippen molar-refractivity contribution in [2.75, 3.05) is 18.0 Å². The molecule has 0 bridgehead atoms. The van der Waals surface area contributed by atoms with Crippen LogP contribution in [0.3, 0.4) is 0 Å². The molecule has 0 atom stereocenters. The average molecular weight is 247 g/mol. The number of rotatable bonds is 3. The Labute approximate surface area is 103 Å². The van der Waals surface area contributed by atoms with Gasteiger partial charge >= 0.3 is 5.97 Å². The predicted molar refractivity (Wildman–Crippen MR) is 63.6 cm³/mol. The van der Waals surface area contributed by atoms with Crippen molar-refractivity contribution in [1.82, 2.24) is 19.8 Å². The maximum absolute atomic E-state index is 10.7. The zero-order valence-corrected chi connectivity index (χ0v) is 9.78. The van der Waals surface area contributed by atoms with E-state index in [-0.39, 0.29) is 6.42 Å². The lowest BCUT2D eigenvalue weighted by Crippen LogP contribution is -2.20. The minimum atomic E-state index is -0.933. The summed E-state index contributed by atoms with van der Waals surface area (Å²) >= 11 is 0. The Bertz CT molecular complexity index is 588. The molecule has 1 fully saturated rings. The fourth-order valence-corrected chi connectivity index (χ4v) is 2.18. The summed E-state index contributed by atoms with van der Waals surface area (Å²) in [5.41, 5.74) is 0.578. The van der Waals surface area contributed by atoms with Crippen molar-refractivity contribution >= 4 is 17.4 Å². The van der Waals surface area contributed by atoms with Crippen LogP contribution in [0, 0.1) is 0 Å². The molecule has 1 saturated heterocycles. The van der Waals surface area contributed by atoms with Crippen molar-refractivity contribution in [3.63, 3.8) is 0 Å². The van der Waals surface area contributed by atoms with Gasteiger partial charge in [0.15, 0.2) is 11.5 Å². The van der Waals surface area contributed by atoms with Crippen molar-refractivity contribution in [1.29, 1.82) is 0 Å². The first-order valence-corrected chi connectivity index (χ1v) is 5.92. The van der Waals surface area contributed by atoms with E-state index in [0.29, 0.717) is 11.5 Å². The Balaban J connectivity index is 2.00. The van der Waals surface area contributed by atoms with E-state index in [4.69, 9.17) is 5.11 Å². The second kappa shape index (κ2) is 4.25. The summed E-state index contributed by atoms with van der Waals surface area (Å²) in [7, 11) is 0. The van der Waals surface area contributed by atoms with Crippen molar-refractivity contribution in [3.8, 4) is 0 Å². The molecule has 0 radical (unpaired) electrons. The molecular weight excluding hydrogens is 234 g/mol. The quantitative estimate of drug-likeness (QED) is 0.842. The summed E-state index contributed by atoms with van der Waals surface area (Å²) in [6.45, 7) is 1.99. The summed E-state index contributed by atoms with van der Waals surface area (Å²) in [5, 5.41) is 21.0. The minimum absolute atomic E-state index is 0.169. The van der Waals surface area contributed by atoms with E-state index < -0.39 is 5.97 Å². The molecular formula is C11H13N5O2. The van der Waals surface area contributed by atoms with Crippen LogP contribution in [0.1, 0.15) is 18.7 Å². The van der Waals surface area contributed by atoms with Gasteiger partial charge in [-0.15, -0.1) is 15.3 Å². The Morgan fingerprint density at radius 1 is 1.28 bits per heavy atom. The average Bonchev–Trinajstić information content (AvgIpc) is 2.98. The summed E-state index contributed by atoms with van der Waals surface area (Å²) in [4.78, 5) is 12.9. The van der Waals surface area contributed by atoms with E-state index in [0.717, 1.165) is 18.9 Å². The molecule has 0 aliphatic carbocycles. The molecule has 0 saturated carbocycles. The van der Waals surface area contributed by atoms with Gasteiger partial charge in [0.1, 0.15) is 12.2 Å². The van der Waals surface area contributed by atoms with Crippen LogP contribution in [0.2, 0.25) is 0 Å². The molecule has 0 unspecified atom stereocenters. The van der Waals surface area contributed by atoms with Crippen LogP contribution in [0.15, 0.2) is 12.1 Å². The highest BCUT2D eigenvalue weighted by molar-refractivity contribution is 5.69. The number of aromatic nitrogens is 4. The van der Waals surface area contributed by atoms with Crippen LogP contribution >= 0.6 is 0 Å². The number of carbonyl (C=O) groups is 1. The van der Waals surface area contributed by atoms with Crippen LogP contribution in [0.25, 0.3) is 5.65 Å². The van der Waals surface area contributed by atoms with Crippen molar-refractivity contribution in [3.05, 3.63) is 18.0 Å². The van der Waals surface area contributed by atoms with Gasteiger partial charge in [-0.25, -0.2) is 0 Å². The SMILES string of the molecule is O=C(O)Cc1nnc2ccc(N3CCCC3)nn12. The van der Waals surface area contributed by atoms with E-state index in [9.17, 15) is 4.79 Å². The summed E-state index contributed by atoms with van der Waals surface area (Å²) in [6, 6.07) is 3.72. The molecule has 7 nitrogen and oxygen atoms in total. The molecule has 18 heavy (non-hydrogen) atoms. The van der Waals surface area contributed by atoms with Crippen LogP contribution in [0.4, 0.5) is 5.82 Å². The zero-order valence-electron chi connectivity index (χ0n) is 9.78. The largest absolute Gasteiger partial charge is 0.481 e. The van der Waals surface area contributed by atoms with Gasteiger partial charge in [-0.05, 0) is 25.0 Å². The molecule has 1 N–H and O–H groups in total. The van der Waals surface area contributed by atoms with E-state index >= 15 is 0 Å². The third kappa shape index (κ3) is 1.87. The number of hydrogen-bond donors (Lipinski definition) is 1. The minimum Gasteiger partial charge on any atom is -0.481 e. The van der Waals surface area contributed by atoms with Gasteiger partial charge in [-0.3, -0.25) is 4.79 Å². The first kappa shape index (κ1) is 10.9. The monoisotopic (exact) mass is 247 g/mol. The van der Waals surface area contributed by atoms with Crippen LogP contribution in [-0.4, -0.2) is 44.0 Å². The van der Waals surface area contributed by atoms with Gasteiger partial charge in [0.25, 0.3) is 0 Å². The van der Waals surface area contributed by atoms with Crippen molar-refractivity contribution in [2.45, 2.75) is 19.3 Å². The fraction of sp³-hybridized carbons (Fsp3) is 0.455. The van der Waals surface area contributed by atoms with E-state index in [2.05, 4.69) is 20.2 Å². The van der Waals surface area contributed by atoms with E-state index in [1.54, 1.807) is 0 Å². The van der Waals surface area contributed by atoms with E-state index in [1.165, 1.54) is 17.4 Å². The highest BCUT2D eigenvalue weighted by Gasteiger charge is 2.16. The van der Waals surface area contributed by atoms with Gasteiger partial charge in [0.2, 0.25) is 0 Å². The van der Waals surface area contributed by atoms with Crippen LogP contribution in [0.5, 0.6) is 0 Å². The number of hydrogen-bond acceptors (Lipinski definition) is 5. The first-order chi connectivity index (χ1) is 8.74. The number of aliphatic carboxylic acids is 1. The normalized spacial score (nSPS) is 15.4. The van der Waals surface area contributed by atoms with Crippen LogP contribution in [-0.2, 0) is 11.2 Å². The van der Waals surface area contributed by atoms with E-state index in [1.807, 2.05) is 12.1 Å². The fourth-order valence-electron chi connectivity index (χ4n) is 2.18. The van der Waals surface area contributed by atoms with Gasteiger partial charge in [-0.2, -0.15) is 4.52 Å². The maximum Gasteiger partial charge on any atom is 0.311 e. The lowest BCUT2D eigenvalue weighted by atomic mass is 10.4. The Morgan fingerprint density at radius 3 is 2.78 bits per heavy atom. The standard InChI is InChI=1S/C11H13N5O2/c17-11(18)7-10-13-12-8-3-4-9(14-16(8)10)15-5-1-2-6-15/h3-4H,1-2,5-7H2,(H,17,18). The highest BCUT2D eigenvalue weighted by Crippen LogP contribution is 2.18. The zero-order chi connectivity index (χ0) is 12.5. The molecule has 0 spiro atoms. The molecule has 3 rings (SSSR count). The van der Waals surface area contributed by atoms with Gasteiger partial charge < -0.3 is 10.0 Å². The van der Waals surface area contributed by atoms with Gasteiger partial charge in [0, 0.05) is 13.1 Å². The van der Waals surface area contributed by atoms with Crippen molar-refractivity contribution < 1.29 is 9.90 Å². The Kier molecular flexibility index (Phi) is 2.58. The van der Waals surface area contributed by atoms with Gasteiger partial charge in [-0.1, -0.05) is 0 Å². The lowest BCUT2D eigenvalue weighted by Gasteiger charge is -2.15. The second-order valence-electron chi connectivity index (χ2n) is 4.34. The molecule has 1 aliphatic rings. The maximum atomic E-state index is 10.7. The molecule has 0 amide bonds. The number of anilines is 1. The third-order valence-electron chi connectivity index (χ3n) is 3.05. The molecule has 0 aromatic carbocycles. The molecule has 3 heterocycles. The molecule has 7 heteroatoms. The number of carboxylic acids is 1. The Hall–Kier alpha value is -2.18.